The largest absolute Gasteiger partial charge is 0.419 e. The Morgan fingerprint density at radius 2 is 2.04 bits per heavy atom. The van der Waals surface area contributed by atoms with Gasteiger partial charge in [0.25, 0.3) is 0 Å². The molecule has 0 unspecified atom stereocenters. The maximum atomic E-state index is 13.6. The molecule has 3 aromatic rings. The predicted octanol–water partition coefficient (Wildman–Crippen LogP) is 3.17. The van der Waals surface area contributed by atoms with Crippen molar-refractivity contribution in [1.82, 2.24) is 20.3 Å². The molecule has 1 atom stereocenters. The minimum absolute atomic E-state index is 0.0363. The molecule has 0 amide bonds. The maximum Gasteiger partial charge on any atom is 0.419 e. The fraction of sp³-hybridized carbons (Fsp3) is 0.316. The first-order valence-electron chi connectivity index (χ1n) is 8.96. The van der Waals surface area contributed by atoms with E-state index in [1.807, 2.05) is 0 Å². The van der Waals surface area contributed by atoms with Gasteiger partial charge in [0.05, 0.1) is 5.69 Å². The molecule has 1 aromatic carbocycles. The number of H-pyrrole nitrogens is 1. The number of aromatic amines is 1. The van der Waals surface area contributed by atoms with Gasteiger partial charge in [0.2, 0.25) is 11.5 Å². The molecular weight excluding hydrogens is 371 g/mol. The summed E-state index contributed by atoms with van der Waals surface area (Å²) in [5.41, 5.74) is -1.21. The zero-order valence-electron chi connectivity index (χ0n) is 14.8. The topological polar surface area (TPSA) is 82.7 Å². The predicted molar refractivity (Wildman–Crippen MR) is 100 cm³/mol. The molecule has 1 fully saturated rings. The highest BCUT2D eigenvalue weighted by Crippen LogP contribution is 2.37. The number of rotatable bonds is 3. The number of piperidine rings is 1. The summed E-state index contributed by atoms with van der Waals surface area (Å²) < 4.78 is 40.9. The van der Waals surface area contributed by atoms with Gasteiger partial charge in [-0.15, -0.1) is 0 Å². The van der Waals surface area contributed by atoms with Crippen LogP contribution in [0.4, 0.5) is 19.1 Å². The first-order chi connectivity index (χ1) is 13.4. The monoisotopic (exact) mass is 389 g/mol. The van der Waals surface area contributed by atoms with Crippen LogP contribution in [0, 0.1) is 0 Å². The summed E-state index contributed by atoms with van der Waals surface area (Å²) in [6.45, 7) is 1.60. The number of hydrogen-bond donors (Lipinski definition) is 3. The first-order valence-corrected chi connectivity index (χ1v) is 8.96. The van der Waals surface area contributed by atoms with Crippen LogP contribution < -0.4 is 16.2 Å². The number of pyridine rings is 1. The Morgan fingerprint density at radius 3 is 2.79 bits per heavy atom. The number of nitrogens with one attached hydrogen (secondary N) is 3. The lowest BCUT2D eigenvalue weighted by atomic mass is 10.0. The smallest absolute Gasteiger partial charge is 0.350 e. The number of halogens is 3. The third kappa shape index (κ3) is 3.70. The van der Waals surface area contributed by atoms with Crippen LogP contribution in [0.3, 0.4) is 0 Å². The number of anilines is 1. The summed E-state index contributed by atoms with van der Waals surface area (Å²) in [6, 6.07) is 7.88. The molecule has 146 valence electrons. The second kappa shape index (κ2) is 7.23. The maximum absolute atomic E-state index is 13.6. The van der Waals surface area contributed by atoms with E-state index in [9.17, 15) is 18.0 Å². The van der Waals surface area contributed by atoms with E-state index in [4.69, 9.17) is 0 Å². The van der Waals surface area contributed by atoms with Gasteiger partial charge in [-0.2, -0.15) is 13.2 Å². The van der Waals surface area contributed by atoms with Gasteiger partial charge in [-0.1, -0.05) is 18.2 Å². The van der Waals surface area contributed by atoms with Gasteiger partial charge < -0.3 is 15.6 Å². The van der Waals surface area contributed by atoms with Crippen molar-refractivity contribution in [1.29, 1.82) is 0 Å². The van der Waals surface area contributed by atoms with E-state index < -0.39 is 17.3 Å². The minimum Gasteiger partial charge on any atom is -0.350 e. The van der Waals surface area contributed by atoms with E-state index in [0.717, 1.165) is 31.6 Å². The lowest BCUT2D eigenvalue weighted by Crippen LogP contribution is -2.38. The van der Waals surface area contributed by atoms with Gasteiger partial charge in [-0.05, 0) is 25.5 Å². The van der Waals surface area contributed by atoms with E-state index in [0.29, 0.717) is 17.4 Å². The second-order valence-electron chi connectivity index (χ2n) is 6.73. The Balaban J connectivity index is 1.86. The van der Waals surface area contributed by atoms with E-state index in [1.54, 1.807) is 24.3 Å². The van der Waals surface area contributed by atoms with Gasteiger partial charge in [0.15, 0.2) is 0 Å². The van der Waals surface area contributed by atoms with Crippen LogP contribution in [0.1, 0.15) is 18.4 Å². The van der Waals surface area contributed by atoms with Gasteiger partial charge in [0, 0.05) is 41.3 Å². The molecular formula is C19H18F3N5O. The summed E-state index contributed by atoms with van der Waals surface area (Å²) >= 11 is 0. The molecule has 3 heterocycles. The summed E-state index contributed by atoms with van der Waals surface area (Å²) in [5, 5.41) is 6.80. The number of fused-ring (bicyclic) bond motifs is 1. The zero-order valence-corrected chi connectivity index (χ0v) is 14.8. The molecule has 0 radical (unpaired) electrons. The number of nitrogens with zero attached hydrogens (tertiary/aromatic N) is 2. The molecule has 3 N–H and O–H groups in total. The Hall–Kier alpha value is -2.94. The van der Waals surface area contributed by atoms with E-state index in [-0.39, 0.29) is 23.2 Å². The van der Waals surface area contributed by atoms with E-state index in [2.05, 4.69) is 25.6 Å². The van der Waals surface area contributed by atoms with Crippen molar-refractivity contribution in [2.45, 2.75) is 25.1 Å². The van der Waals surface area contributed by atoms with Gasteiger partial charge in [0.1, 0.15) is 5.56 Å². The number of hydrogen-bond acceptors (Lipinski definition) is 5. The number of benzene rings is 1. The van der Waals surface area contributed by atoms with Crippen molar-refractivity contribution in [3.8, 4) is 11.3 Å². The Kier molecular flexibility index (Phi) is 4.76. The van der Waals surface area contributed by atoms with Crippen LogP contribution in [0.5, 0.6) is 0 Å². The highest BCUT2D eigenvalue weighted by atomic mass is 19.4. The van der Waals surface area contributed by atoms with Crippen LogP contribution in [0.25, 0.3) is 22.2 Å². The van der Waals surface area contributed by atoms with Crippen LogP contribution in [-0.4, -0.2) is 34.1 Å². The quantitative estimate of drug-likeness (QED) is 0.641. The minimum atomic E-state index is -4.65. The summed E-state index contributed by atoms with van der Waals surface area (Å²) in [5.74, 6) is 0.112. The molecule has 0 aliphatic carbocycles. The molecule has 6 nitrogen and oxygen atoms in total. The normalized spacial score (nSPS) is 17.6. The first kappa shape index (κ1) is 18.4. The molecule has 2 aromatic heterocycles. The molecule has 9 heteroatoms. The SMILES string of the molecule is O=c1cc(-c2nc(N[C@H]3CCCNC3)ncc2C(F)(F)F)c2ccccc2[nH]1. The number of alkyl halides is 3. The molecule has 4 rings (SSSR count). The summed E-state index contributed by atoms with van der Waals surface area (Å²) in [6.07, 6.45) is -2.04. The van der Waals surface area contributed by atoms with E-state index >= 15 is 0 Å². The van der Waals surface area contributed by atoms with E-state index in [1.165, 1.54) is 0 Å². The van der Waals surface area contributed by atoms with Gasteiger partial charge >= 0.3 is 6.18 Å². The zero-order chi connectivity index (χ0) is 19.7. The van der Waals surface area contributed by atoms with Crippen molar-refractivity contribution >= 4 is 16.9 Å². The molecule has 1 aliphatic rings. The standard InChI is InChI=1S/C19H18F3N5O/c20-19(21,22)14-10-24-18(25-11-4-3-7-23-9-11)27-17(14)13-8-16(28)26-15-6-2-1-5-12(13)15/h1-2,5-6,8,10-11,23H,3-4,7,9H2,(H,26,28)(H,24,25,27)/t11-/m0/s1. The van der Waals surface area contributed by atoms with Crippen LogP contribution in [0.15, 0.2) is 41.3 Å². The lowest BCUT2D eigenvalue weighted by molar-refractivity contribution is -0.137. The average Bonchev–Trinajstić information content (AvgIpc) is 2.67. The molecule has 0 saturated carbocycles. The summed E-state index contributed by atoms with van der Waals surface area (Å²) in [4.78, 5) is 22.7. The van der Waals surface area contributed by atoms with Crippen LogP contribution in [-0.2, 0) is 6.18 Å². The van der Waals surface area contributed by atoms with Crippen LogP contribution in [0.2, 0.25) is 0 Å². The van der Waals surface area contributed by atoms with Crippen molar-refractivity contribution in [2.24, 2.45) is 0 Å². The molecule has 28 heavy (non-hydrogen) atoms. The fourth-order valence-electron chi connectivity index (χ4n) is 3.42. The molecule has 0 spiro atoms. The molecule has 1 aliphatic heterocycles. The Labute approximate surface area is 158 Å². The molecule has 0 bridgehead atoms. The van der Waals surface area contributed by atoms with Crippen molar-refractivity contribution in [2.75, 3.05) is 18.4 Å². The fourth-order valence-corrected chi connectivity index (χ4v) is 3.42. The Morgan fingerprint density at radius 1 is 1.21 bits per heavy atom. The van der Waals surface area contributed by atoms with Gasteiger partial charge in [-0.3, -0.25) is 4.79 Å². The lowest BCUT2D eigenvalue weighted by Gasteiger charge is -2.24. The average molecular weight is 389 g/mol. The Bertz CT molecular complexity index is 1060. The number of para-hydroxylation sites is 1. The van der Waals surface area contributed by atoms with Gasteiger partial charge in [-0.25, -0.2) is 9.97 Å². The van der Waals surface area contributed by atoms with Crippen molar-refractivity contribution in [3.63, 3.8) is 0 Å². The van der Waals surface area contributed by atoms with Crippen LogP contribution >= 0.6 is 0 Å². The second-order valence-corrected chi connectivity index (χ2v) is 6.73. The van der Waals surface area contributed by atoms with Crippen molar-refractivity contribution < 1.29 is 13.2 Å². The summed E-state index contributed by atoms with van der Waals surface area (Å²) in [7, 11) is 0. The van der Waals surface area contributed by atoms with Crippen molar-refractivity contribution in [3.05, 3.63) is 52.4 Å². The molecule has 1 saturated heterocycles. The third-order valence-corrected chi connectivity index (χ3v) is 4.73. The third-order valence-electron chi connectivity index (χ3n) is 4.73. The highest BCUT2D eigenvalue weighted by Gasteiger charge is 2.36. The highest BCUT2D eigenvalue weighted by molar-refractivity contribution is 5.94. The number of aromatic nitrogens is 3.